The van der Waals surface area contributed by atoms with Crippen LogP contribution in [-0.2, 0) is 6.42 Å². The number of aliphatic hydroxyl groups is 1. The Morgan fingerprint density at radius 3 is 2.59 bits per heavy atom. The third kappa shape index (κ3) is 3.31. The number of rotatable bonds is 3. The summed E-state index contributed by atoms with van der Waals surface area (Å²) < 4.78 is 0.922. The largest absolute Gasteiger partial charge is 0.386 e. The highest BCUT2D eigenvalue weighted by molar-refractivity contribution is 9.10. The molecule has 0 aliphatic heterocycles. The molecule has 2 aromatic rings. The van der Waals surface area contributed by atoms with Gasteiger partial charge in [-0.2, -0.15) is 0 Å². The van der Waals surface area contributed by atoms with E-state index in [4.69, 9.17) is 0 Å². The van der Waals surface area contributed by atoms with Crippen LogP contribution in [0.2, 0.25) is 0 Å². The van der Waals surface area contributed by atoms with Crippen molar-refractivity contribution >= 4 is 15.9 Å². The fraction of sp³-hybridized carbons (Fsp3) is 0.250. The monoisotopic (exact) mass is 293 g/mol. The molecule has 0 aliphatic carbocycles. The maximum atomic E-state index is 9.98. The Labute approximate surface area is 108 Å². The molecule has 0 fully saturated rings. The van der Waals surface area contributed by atoms with Gasteiger partial charge in [0.15, 0.2) is 0 Å². The molecule has 0 radical (unpaired) electrons. The lowest BCUT2D eigenvalue weighted by Gasteiger charge is -2.09. The van der Waals surface area contributed by atoms with Crippen molar-refractivity contribution in [3.8, 4) is 0 Å². The molecule has 0 saturated heterocycles. The minimum Gasteiger partial charge on any atom is -0.386 e. The van der Waals surface area contributed by atoms with Crippen molar-refractivity contribution in [2.24, 2.45) is 0 Å². The lowest BCUT2D eigenvalue weighted by atomic mass is 10.1. The smallest absolute Gasteiger partial charge is 0.103 e. The highest BCUT2D eigenvalue weighted by atomic mass is 79.9. The number of nitrogens with zero attached hydrogens (tertiary/aromatic N) is 3. The van der Waals surface area contributed by atoms with Gasteiger partial charge in [-0.1, -0.05) is 0 Å². The molecule has 0 bridgehead atoms. The number of aliphatic hydroxyl groups excluding tert-OH is 1. The SMILES string of the molecule is Cc1cnc(C(O)Cc2ccc(Br)cn2)cn1. The number of aryl methyl sites for hydroxylation is 1. The van der Waals surface area contributed by atoms with Gasteiger partial charge in [-0.05, 0) is 35.0 Å². The minimum atomic E-state index is -0.670. The first-order valence-corrected chi connectivity index (χ1v) is 6.01. The summed E-state index contributed by atoms with van der Waals surface area (Å²) in [5, 5.41) is 9.98. The van der Waals surface area contributed by atoms with Gasteiger partial charge in [0.05, 0.1) is 17.6 Å². The van der Waals surface area contributed by atoms with Gasteiger partial charge >= 0.3 is 0 Å². The summed E-state index contributed by atoms with van der Waals surface area (Å²) >= 11 is 3.32. The zero-order valence-electron chi connectivity index (χ0n) is 9.34. The molecule has 2 aromatic heterocycles. The van der Waals surface area contributed by atoms with Crippen molar-refractivity contribution in [2.45, 2.75) is 19.4 Å². The Morgan fingerprint density at radius 1 is 1.18 bits per heavy atom. The number of hydrogen-bond donors (Lipinski definition) is 1. The number of hydrogen-bond acceptors (Lipinski definition) is 4. The van der Waals surface area contributed by atoms with Crippen LogP contribution in [0.3, 0.4) is 0 Å². The number of halogens is 1. The van der Waals surface area contributed by atoms with Crippen LogP contribution in [-0.4, -0.2) is 20.1 Å². The summed E-state index contributed by atoms with van der Waals surface area (Å²) in [4.78, 5) is 12.5. The van der Waals surface area contributed by atoms with E-state index in [2.05, 4.69) is 30.9 Å². The van der Waals surface area contributed by atoms with Crippen molar-refractivity contribution in [2.75, 3.05) is 0 Å². The molecule has 0 aliphatic rings. The van der Waals surface area contributed by atoms with E-state index >= 15 is 0 Å². The summed E-state index contributed by atoms with van der Waals surface area (Å²) in [5.41, 5.74) is 2.23. The summed E-state index contributed by atoms with van der Waals surface area (Å²) in [6.07, 6.45) is 4.72. The zero-order valence-corrected chi connectivity index (χ0v) is 10.9. The van der Waals surface area contributed by atoms with E-state index in [9.17, 15) is 5.11 Å². The van der Waals surface area contributed by atoms with Crippen molar-refractivity contribution in [1.29, 1.82) is 0 Å². The predicted molar refractivity (Wildman–Crippen MR) is 67.4 cm³/mol. The van der Waals surface area contributed by atoms with E-state index in [1.165, 1.54) is 0 Å². The van der Waals surface area contributed by atoms with Gasteiger partial charge in [-0.25, -0.2) is 0 Å². The first-order valence-electron chi connectivity index (χ1n) is 5.22. The van der Waals surface area contributed by atoms with E-state index in [1.807, 2.05) is 19.1 Å². The molecule has 17 heavy (non-hydrogen) atoms. The summed E-state index contributed by atoms with van der Waals surface area (Å²) in [7, 11) is 0. The quantitative estimate of drug-likeness (QED) is 0.943. The van der Waals surface area contributed by atoms with Crippen molar-refractivity contribution in [3.05, 3.63) is 52.3 Å². The number of aromatic nitrogens is 3. The van der Waals surface area contributed by atoms with E-state index in [0.29, 0.717) is 12.1 Å². The van der Waals surface area contributed by atoms with Crippen LogP contribution in [0.4, 0.5) is 0 Å². The van der Waals surface area contributed by atoms with E-state index in [-0.39, 0.29) is 0 Å². The molecule has 0 spiro atoms. The van der Waals surface area contributed by atoms with Crippen LogP contribution >= 0.6 is 15.9 Å². The Balaban J connectivity index is 2.08. The maximum absolute atomic E-state index is 9.98. The van der Waals surface area contributed by atoms with Gasteiger partial charge in [0, 0.05) is 29.0 Å². The fourth-order valence-corrected chi connectivity index (χ4v) is 1.64. The minimum absolute atomic E-state index is 0.436. The fourth-order valence-electron chi connectivity index (χ4n) is 1.40. The molecule has 88 valence electrons. The second-order valence-corrected chi connectivity index (χ2v) is 4.69. The molecule has 2 rings (SSSR count). The van der Waals surface area contributed by atoms with Gasteiger partial charge in [0.25, 0.3) is 0 Å². The second-order valence-electron chi connectivity index (χ2n) is 3.77. The average molecular weight is 294 g/mol. The summed E-state index contributed by atoms with van der Waals surface area (Å²) in [6.45, 7) is 1.86. The standard InChI is InChI=1S/C12H12BrN3O/c1-8-5-16-11(7-14-8)12(17)4-10-3-2-9(13)6-15-10/h2-3,5-7,12,17H,4H2,1H3. The lowest BCUT2D eigenvalue weighted by Crippen LogP contribution is -2.06. The normalized spacial score (nSPS) is 12.4. The molecule has 1 unspecified atom stereocenters. The molecular weight excluding hydrogens is 282 g/mol. The third-order valence-corrected chi connectivity index (χ3v) is 2.80. The number of pyridine rings is 1. The highest BCUT2D eigenvalue weighted by Crippen LogP contribution is 2.15. The van der Waals surface area contributed by atoms with Crippen LogP contribution in [0, 0.1) is 6.92 Å². The Morgan fingerprint density at radius 2 is 2.00 bits per heavy atom. The van der Waals surface area contributed by atoms with Crippen LogP contribution in [0.5, 0.6) is 0 Å². The summed E-state index contributed by atoms with van der Waals surface area (Å²) in [5.74, 6) is 0. The maximum Gasteiger partial charge on any atom is 0.103 e. The van der Waals surface area contributed by atoms with Crippen LogP contribution < -0.4 is 0 Å². The molecule has 5 heteroatoms. The molecule has 1 atom stereocenters. The van der Waals surface area contributed by atoms with E-state index in [1.54, 1.807) is 18.6 Å². The van der Waals surface area contributed by atoms with Gasteiger partial charge in [-0.15, -0.1) is 0 Å². The van der Waals surface area contributed by atoms with Crippen LogP contribution in [0.15, 0.2) is 35.2 Å². The third-order valence-electron chi connectivity index (χ3n) is 2.33. The first kappa shape index (κ1) is 12.1. The molecule has 0 aromatic carbocycles. The predicted octanol–water partition coefficient (Wildman–Crippen LogP) is 2.22. The Bertz CT molecular complexity index is 484. The molecular formula is C12H12BrN3O. The van der Waals surface area contributed by atoms with E-state index < -0.39 is 6.10 Å². The highest BCUT2D eigenvalue weighted by Gasteiger charge is 2.11. The van der Waals surface area contributed by atoms with Crippen molar-refractivity contribution in [3.63, 3.8) is 0 Å². The van der Waals surface area contributed by atoms with E-state index in [0.717, 1.165) is 15.9 Å². The Hall–Kier alpha value is -1.33. The Kier molecular flexibility index (Phi) is 3.81. The average Bonchev–Trinajstić information content (AvgIpc) is 2.33. The lowest BCUT2D eigenvalue weighted by molar-refractivity contribution is 0.172. The van der Waals surface area contributed by atoms with Crippen LogP contribution in [0.25, 0.3) is 0 Å². The molecule has 4 nitrogen and oxygen atoms in total. The van der Waals surface area contributed by atoms with Gasteiger partial charge < -0.3 is 5.11 Å². The summed E-state index contributed by atoms with van der Waals surface area (Å²) in [6, 6.07) is 3.77. The van der Waals surface area contributed by atoms with Crippen molar-refractivity contribution in [1.82, 2.24) is 15.0 Å². The van der Waals surface area contributed by atoms with Gasteiger partial charge in [-0.3, -0.25) is 15.0 Å². The second kappa shape index (κ2) is 5.33. The van der Waals surface area contributed by atoms with Gasteiger partial charge in [0.2, 0.25) is 0 Å². The molecule has 2 heterocycles. The molecule has 1 N–H and O–H groups in total. The van der Waals surface area contributed by atoms with Gasteiger partial charge in [0.1, 0.15) is 6.10 Å². The molecule has 0 amide bonds. The molecule has 0 saturated carbocycles. The van der Waals surface area contributed by atoms with Crippen molar-refractivity contribution < 1.29 is 5.11 Å². The first-order chi connectivity index (χ1) is 8.15. The topological polar surface area (TPSA) is 58.9 Å². The zero-order chi connectivity index (χ0) is 12.3. The van der Waals surface area contributed by atoms with Crippen LogP contribution in [0.1, 0.15) is 23.2 Å².